The van der Waals surface area contributed by atoms with Crippen molar-refractivity contribution in [3.05, 3.63) is 68.7 Å². The first-order valence-corrected chi connectivity index (χ1v) is 7.27. The van der Waals surface area contributed by atoms with Crippen LogP contribution < -0.4 is 0 Å². The number of halogens is 1. The zero-order valence-corrected chi connectivity index (χ0v) is 13.2. The lowest BCUT2D eigenvalue weighted by Crippen LogP contribution is -2.05. The van der Waals surface area contributed by atoms with E-state index in [2.05, 4.69) is 48.0 Å². The normalized spacial score (nSPS) is 12.5. The van der Waals surface area contributed by atoms with Crippen LogP contribution >= 0.6 is 15.9 Å². The number of hydrogen-bond donors (Lipinski definition) is 1. The molecule has 1 atom stereocenters. The van der Waals surface area contributed by atoms with E-state index < -0.39 is 6.10 Å². The second-order valence-corrected chi connectivity index (χ2v) is 5.97. The zero-order valence-electron chi connectivity index (χ0n) is 11.6. The molecular weight excluding hydrogens is 300 g/mol. The first-order chi connectivity index (χ1) is 8.99. The van der Waals surface area contributed by atoms with E-state index in [4.69, 9.17) is 0 Å². The zero-order chi connectivity index (χ0) is 14.0. The number of aliphatic hydroxyl groups is 1. The molecule has 2 aromatic rings. The van der Waals surface area contributed by atoms with Crippen molar-refractivity contribution in [2.75, 3.05) is 0 Å². The molecule has 2 heteroatoms. The molecule has 1 unspecified atom stereocenters. The smallest absolute Gasteiger partial charge is 0.0841 e. The van der Waals surface area contributed by atoms with Gasteiger partial charge in [0.1, 0.15) is 0 Å². The highest BCUT2D eigenvalue weighted by molar-refractivity contribution is 9.10. The number of aliphatic hydroxyl groups excluding tert-OH is 1. The second-order valence-electron chi connectivity index (χ2n) is 5.12. The van der Waals surface area contributed by atoms with Gasteiger partial charge >= 0.3 is 0 Å². The number of benzene rings is 2. The summed E-state index contributed by atoms with van der Waals surface area (Å²) in [5.41, 5.74) is 5.86. The molecule has 100 valence electrons. The molecule has 0 aliphatic heterocycles. The Morgan fingerprint density at radius 1 is 1.05 bits per heavy atom. The first kappa shape index (κ1) is 14.3. The van der Waals surface area contributed by atoms with Crippen molar-refractivity contribution in [3.63, 3.8) is 0 Å². The molecule has 19 heavy (non-hydrogen) atoms. The van der Waals surface area contributed by atoms with Crippen LogP contribution in [0.15, 0.2) is 40.9 Å². The minimum Gasteiger partial charge on any atom is -0.388 e. The van der Waals surface area contributed by atoms with E-state index in [-0.39, 0.29) is 0 Å². The topological polar surface area (TPSA) is 20.2 Å². The lowest BCUT2D eigenvalue weighted by Gasteiger charge is -2.16. The molecule has 2 aromatic carbocycles. The van der Waals surface area contributed by atoms with Gasteiger partial charge in [-0.05, 0) is 54.7 Å². The first-order valence-electron chi connectivity index (χ1n) is 6.48. The predicted octanol–water partition coefficient (Wildman–Crippen LogP) is 4.65. The lowest BCUT2D eigenvalue weighted by atomic mass is 9.94. The van der Waals surface area contributed by atoms with Crippen LogP contribution in [0.3, 0.4) is 0 Å². The summed E-state index contributed by atoms with van der Waals surface area (Å²) < 4.78 is 0.978. The van der Waals surface area contributed by atoms with Gasteiger partial charge in [-0.1, -0.05) is 46.3 Å². The third-order valence-corrected chi connectivity index (χ3v) is 4.24. The molecule has 0 amide bonds. The molecule has 0 heterocycles. The molecular formula is C17H19BrO. The number of rotatable bonds is 3. The maximum atomic E-state index is 10.5. The van der Waals surface area contributed by atoms with Crippen LogP contribution in [0.5, 0.6) is 0 Å². The molecule has 1 N–H and O–H groups in total. The quantitative estimate of drug-likeness (QED) is 0.873. The summed E-state index contributed by atoms with van der Waals surface area (Å²) in [5, 5.41) is 10.5. The summed E-state index contributed by atoms with van der Waals surface area (Å²) in [6.45, 7) is 6.24. The molecule has 0 aromatic heterocycles. The van der Waals surface area contributed by atoms with E-state index in [0.29, 0.717) is 6.42 Å². The van der Waals surface area contributed by atoms with Crippen molar-refractivity contribution in [2.24, 2.45) is 0 Å². The standard InChI is InChI=1S/C17H19BrO/c1-11-7-8-14(16(18)9-11)17(19)10-15-12(2)5-4-6-13(15)3/h4-9,17,19H,10H2,1-3H3. The van der Waals surface area contributed by atoms with Crippen molar-refractivity contribution in [3.8, 4) is 0 Å². The largest absolute Gasteiger partial charge is 0.388 e. The van der Waals surface area contributed by atoms with E-state index >= 15 is 0 Å². The Hall–Kier alpha value is -1.12. The van der Waals surface area contributed by atoms with Gasteiger partial charge in [0.2, 0.25) is 0 Å². The summed E-state index contributed by atoms with van der Waals surface area (Å²) in [6, 6.07) is 12.3. The average molecular weight is 319 g/mol. The monoisotopic (exact) mass is 318 g/mol. The van der Waals surface area contributed by atoms with E-state index in [1.807, 2.05) is 25.1 Å². The minimum absolute atomic E-state index is 0.477. The van der Waals surface area contributed by atoms with Gasteiger partial charge in [-0.2, -0.15) is 0 Å². The summed E-state index contributed by atoms with van der Waals surface area (Å²) >= 11 is 3.54. The van der Waals surface area contributed by atoms with Gasteiger partial charge in [0.05, 0.1) is 6.10 Å². The highest BCUT2D eigenvalue weighted by Gasteiger charge is 2.14. The Morgan fingerprint density at radius 2 is 1.68 bits per heavy atom. The van der Waals surface area contributed by atoms with E-state index in [1.54, 1.807) is 0 Å². The average Bonchev–Trinajstić information content (AvgIpc) is 2.33. The van der Waals surface area contributed by atoms with Gasteiger partial charge in [0, 0.05) is 10.9 Å². The van der Waals surface area contributed by atoms with Crippen molar-refractivity contribution >= 4 is 15.9 Å². The summed E-state index contributed by atoms with van der Waals surface area (Å²) in [6.07, 6.45) is 0.176. The van der Waals surface area contributed by atoms with Gasteiger partial charge < -0.3 is 5.11 Å². The molecule has 1 nitrogen and oxygen atoms in total. The van der Waals surface area contributed by atoms with Crippen molar-refractivity contribution < 1.29 is 5.11 Å². The molecule has 0 saturated heterocycles. The van der Waals surface area contributed by atoms with Crippen LogP contribution in [0.4, 0.5) is 0 Å². The van der Waals surface area contributed by atoms with E-state index in [1.165, 1.54) is 22.3 Å². The van der Waals surface area contributed by atoms with E-state index in [0.717, 1.165) is 10.0 Å². The molecule has 0 aliphatic carbocycles. The maximum absolute atomic E-state index is 10.5. The fourth-order valence-corrected chi connectivity index (χ4v) is 3.13. The minimum atomic E-state index is -0.477. The molecule has 0 radical (unpaired) electrons. The molecule has 2 rings (SSSR count). The van der Waals surface area contributed by atoms with Crippen LogP contribution in [0.1, 0.15) is 33.9 Å². The molecule has 0 fully saturated rings. The summed E-state index contributed by atoms with van der Waals surface area (Å²) in [4.78, 5) is 0. The molecule has 0 aliphatic rings. The van der Waals surface area contributed by atoms with Crippen molar-refractivity contribution in [1.29, 1.82) is 0 Å². The Balaban J connectivity index is 2.28. The van der Waals surface area contributed by atoms with Crippen LogP contribution in [-0.4, -0.2) is 5.11 Å². The number of aryl methyl sites for hydroxylation is 3. The lowest BCUT2D eigenvalue weighted by molar-refractivity contribution is 0.177. The fraction of sp³-hybridized carbons (Fsp3) is 0.294. The van der Waals surface area contributed by atoms with Gasteiger partial charge in [-0.3, -0.25) is 0 Å². The Bertz CT molecular complexity index is 570. The number of hydrogen-bond acceptors (Lipinski definition) is 1. The van der Waals surface area contributed by atoms with Gasteiger partial charge in [-0.15, -0.1) is 0 Å². The molecule has 0 bridgehead atoms. The Kier molecular flexibility index (Phi) is 4.43. The van der Waals surface area contributed by atoms with E-state index in [9.17, 15) is 5.11 Å². The summed E-state index contributed by atoms with van der Waals surface area (Å²) in [7, 11) is 0. The van der Waals surface area contributed by atoms with Gasteiger partial charge in [-0.25, -0.2) is 0 Å². The predicted molar refractivity (Wildman–Crippen MR) is 83.5 cm³/mol. The Morgan fingerprint density at radius 3 is 2.26 bits per heavy atom. The third kappa shape index (κ3) is 3.26. The van der Waals surface area contributed by atoms with Crippen LogP contribution in [-0.2, 0) is 6.42 Å². The van der Waals surface area contributed by atoms with Crippen LogP contribution in [0.25, 0.3) is 0 Å². The van der Waals surface area contributed by atoms with Gasteiger partial charge in [0.15, 0.2) is 0 Å². The van der Waals surface area contributed by atoms with Crippen LogP contribution in [0.2, 0.25) is 0 Å². The molecule has 0 spiro atoms. The second kappa shape index (κ2) is 5.89. The third-order valence-electron chi connectivity index (χ3n) is 3.56. The molecule has 0 saturated carbocycles. The van der Waals surface area contributed by atoms with Crippen molar-refractivity contribution in [1.82, 2.24) is 0 Å². The maximum Gasteiger partial charge on any atom is 0.0841 e. The van der Waals surface area contributed by atoms with Crippen LogP contribution in [0, 0.1) is 20.8 Å². The van der Waals surface area contributed by atoms with Gasteiger partial charge in [0.25, 0.3) is 0 Å². The highest BCUT2D eigenvalue weighted by Crippen LogP contribution is 2.28. The highest BCUT2D eigenvalue weighted by atomic mass is 79.9. The Labute approximate surface area is 123 Å². The SMILES string of the molecule is Cc1ccc(C(O)Cc2c(C)cccc2C)c(Br)c1. The fourth-order valence-electron chi connectivity index (χ4n) is 2.38. The van der Waals surface area contributed by atoms with Crippen molar-refractivity contribution in [2.45, 2.75) is 33.3 Å². The summed E-state index contributed by atoms with van der Waals surface area (Å²) in [5.74, 6) is 0.